The largest absolute Gasteiger partial charge is 0.496 e. The van der Waals surface area contributed by atoms with Crippen LogP contribution in [0.25, 0.3) is 6.08 Å². The molecule has 142 valence electrons. The first-order valence-electron chi connectivity index (χ1n) is 8.68. The first kappa shape index (κ1) is 20.5. The molecule has 2 N–H and O–H groups in total. The second kappa shape index (κ2) is 7.82. The number of aliphatic hydroxyl groups excluding tert-OH is 1. The number of amides is 1. The summed E-state index contributed by atoms with van der Waals surface area (Å²) in [5, 5.41) is 12.2. The molecule has 26 heavy (non-hydrogen) atoms. The number of hydrogen-bond acceptors (Lipinski definition) is 5. The molecule has 0 unspecified atom stereocenters. The van der Waals surface area contributed by atoms with Crippen LogP contribution >= 0.6 is 0 Å². The van der Waals surface area contributed by atoms with Crippen LogP contribution in [-0.2, 0) is 20.7 Å². The van der Waals surface area contributed by atoms with Crippen LogP contribution in [0.15, 0.2) is 23.7 Å². The van der Waals surface area contributed by atoms with Gasteiger partial charge in [-0.3, -0.25) is 4.79 Å². The molecule has 1 fully saturated rings. The molecule has 0 aromatic heterocycles. The van der Waals surface area contributed by atoms with Gasteiger partial charge in [0.15, 0.2) is 0 Å². The Morgan fingerprint density at radius 1 is 1.27 bits per heavy atom. The van der Waals surface area contributed by atoms with Crippen molar-refractivity contribution in [1.29, 1.82) is 0 Å². The minimum Gasteiger partial charge on any atom is -0.496 e. The van der Waals surface area contributed by atoms with Gasteiger partial charge in [0, 0.05) is 19.0 Å². The fourth-order valence-electron chi connectivity index (χ4n) is 2.62. The molecule has 1 aliphatic rings. The average Bonchev–Trinajstić information content (AvgIpc) is 2.78. The van der Waals surface area contributed by atoms with Crippen LogP contribution in [0.1, 0.15) is 45.7 Å². The molecule has 0 radical (unpaired) electrons. The van der Waals surface area contributed by atoms with E-state index in [0.29, 0.717) is 12.3 Å². The molecule has 0 saturated carbocycles. The summed E-state index contributed by atoms with van der Waals surface area (Å²) < 4.78 is 17.7. The van der Waals surface area contributed by atoms with E-state index >= 15 is 0 Å². The van der Waals surface area contributed by atoms with Gasteiger partial charge in [0.2, 0.25) is 5.91 Å². The van der Waals surface area contributed by atoms with E-state index in [1.807, 2.05) is 39.8 Å². The standard InChI is InChI=1S/C19H28BNO5/c1-13(23)21-11-16(20-25-18(2,3)19(4,5)26-20)10-15-9-14(12-22)7-8-17(15)24-6/h7-10,22H,11-12H2,1-6H3,(H,21,23). The number of rotatable bonds is 6. The van der Waals surface area contributed by atoms with E-state index < -0.39 is 18.3 Å². The quantitative estimate of drug-likeness (QED) is 0.761. The normalized spacial score (nSPS) is 18.7. The number of nitrogens with one attached hydrogen (secondary N) is 1. The predicted molar refractivity (Wildman–Crippen MR) is 102 cm³/mol. The molecule has 0 atom stereocenters. The number of aliphatic hydroxyl groups is 1. The second-order valence-corrected chi connectivity index (χ2v) is 7.45. The van der Waals surface area contributed by atoms with Gasteiger partial charge in [-0.05, 0) is 50.9 Å². The Morgan fingerprint density at radius 2 is 1.88 bits per heavy atom. The maximum absolute atomic E-state index is 11.4. The lowest BCUT2D eigenvalue weighted by molar-refractivity contribution is -0.118. The van der Waals surface area contributed by atoms with Crippen molar-refractivity contribution in [2.24, 2.45) is 0 Å². The van der Waals surface area contributed by atoms with Crippen LogP contribution in [-0.4, -0.2) is 43.0 Å². The van der Waals surface area contributed by atoms with Crippen molar-refractivity contribution in [2.75, 3.05) is 13.7 Å². The third kappa shape index (κ3) is 4.47. The molecule has 1 amide bonds. The van der Waals surface area contributed by atoms with Gasteiger partial charge in [0.05, 0.1) is 24.9 Å². The first-order valence-corrected chi connectivity index (χ1v) is 8.68. The molecule has 0 spiro atoms. The minimum absolute atomic E-state index is 0.0671. The molecule has 1 aromatic rings. The zero-order valence-corrected chi connectivity index (χ0v) is 16.4. The van der Waals surface area contributed by atoms with E-state index in [-0.39, 0.29) is 12.5 Å². The summed E-state index contributed by atoms with van der Waals surface area (Å²) in [6.45, 7) is 9.62. The van der Waals surface area contributed by atoms with Crippen molar-refractivity contribution in [3.05, 3.63) is 34.8 Å². The van der Waals surface area contributed by atoms with Gasteiger partial charge in [-0.15, -0.1) is 0 Å². The molecule has 1 aliphatic heterocycles. The van der Waals surface area contributed by atoms with Crippen molar-refractivity contribution in [2.45, 2.75) is 52.4 Å². The lowest BCUT2D eigenvalue weighted by Gasteiger charge is -2.32. The number of carbonyl (C=O) groups is 1. The highest BCUT2D eigenvalue weighted by Crippen LogP contribution is 2.39. The molecule has 0 bridgehead atoms. The maximum Gasteiger partial charge on any atom is 0.492 e. The molecule has 1 heterocycles. The zero-order chi connectivity index (χ0) is 19.5. The van der Waals surface area contributed by atoms with E-state index in [4.69, 9.17) is 14.0 Å². The van der Waals surface area contributed by atoms with Gasteiger partial charge in [0.1, 0.15) is 5.75 Å². The van der Waals surface area contributed by atoms with Crippen LogP contribution in [0.5, 0.6) is 5.75 Å². The highest BCUT2D eigenvalue weighted by molar-refractivity contribution is 6.56. The Kier molecular flexibility index (Phi) is 6.16. The third-order valence-electron chi connectivity index (χ3n) is 4.92. The third-order valence-corrected chi connectivity index (χ3v) is 4.92. The number of methoxy groups -OCH3 is 1. The summed E-state index contributed by atoms with van der Waals surface area (Å²) in [5.74, 6) is 0.530. The number of hydrogen-bond donors (Lipinski definition) is 2. The van der Waals surface area contributed by atoms with Crippen LogP contribution < -0.4 is 10.1 Å². The van der Waals surface area contributed by atoms with Crippen molar-refractivity contribution in [1.82, 2.24) is 5.32 Å². The van der Waals surface area contributed by atoms with Crippen LogP contribution in [0.3, 0.4) is 0 Å². The Bertz CT molecular complexity index is 683. The molecule has 0 aliphatic carbocycles. The van der Waals surface area contributed by atoms with E-state index in [0.717, 1.165) is 16.6 Å². The smallest absolute Gasteiger partial charge is 0.492 e. The molecule has 1 aromatic carbocycles. The Labute approximate surface area is 155 Å². The van der Waals surface area contributed by atoms with Crippen molar-refractivity contribution in [3.63, 3.8) is 0 Å². The summed E-state index contributed by atoms with van der Waals surface area (Å²) in [5.41, 5.74) is 1.36. The Morgan fingerprint density at radius 3 is 2.38 bits per heavy atom. The molecule has 7 heteroatoms. The molecular weight excluding hydrogens is 333 g/mol. The van der Waals surface area contributed by atoms with Crippen molar-refractivity contribution in [3.8, 4) is 5.75 Å². The average molecular weight is 361 g/mol. The lowest BCUT2D eigenvalue weighted by Crippen LogP contribution is -2.41. The maximum atomic E-state index is 11.4. The van der Waals surface area contributed by atoms with Gasteiger partial charge in [0.25, 0.3) is 0 Å². The number of benzene rings is 1. The van der Waals surface area contributed by atoms with E-state index in [2.05, 4.69) is 5.32 Å². The van der Waals surface area contributed by atoms with Crippen molar-refractivity contribution >= 4 is 19.1 Å². The highest BCUT2D eigenvalue weighted by Gasteiger charge is 2.52. The van der Waals surface area contributed by atoms with E-state index in [9.17, 15) is 9.90 Å². The van der Waals surface area contributed by atoms with E-state index in [1.165, 1.54) is 6.92 Å². The van der Waals surface area contributed by atoms with Gasteiger partial charge in [-0.2, -0.15) is 0 Å². The molecule has 6 nitrogen and oxygen atoms in total. The van der Waals surface area contributed by atoms with Crippen molar-refractivity contribution < 1.29 is 23.9 Å². The SMILES string of the molecule is COc1ccc(CO)cc1C=C(CNC(C)=O)B1OC(C)(C)C(C)(C)O1. The van der Waals surface area contributed by atoms with Gasteiger partial charge in [-0.1, -0.05) is 12.1 Å². The highest BCUT2D eigenvalue weighted by atomic mass is 16.7. The zero-order valence-electron chi connectivity index (χ0n) is 16.4. The topological polar surface area (TPSA) is 77.0 Å². The first-order chi connectivity index (χ1) is 12.1. The fraction of sp³-hybridized carbons (Fsp3) is 0.526. The number of carbonyl (C=O) groups excluding carboxylic acids is 1. The Balaban J connectivity index is 2.42. The van der Waals surface area contributed by atoms with E-state index in [1.54, 1.807) is 19.2 Å². The summed E-state index contributed by atoms with van der Waals surface area (Å²) in [6.07, 6.45) is 1.88. The molecule has 1 saturated heterocycles. The summed E-state index contributed by atoms with van der Waals surface area (Å²) >= 11 is 0. The van der Waals surface area contributed by atoms with Gasteiger partial charge < -0.3 is 24.5 Å². The summed E-state index contributed by atoms with van der Waals surface area (Å²) in [6, 6.07) is 5.45. The molecular formula is C19H28BNO5. The van der Waals surface area contributed by atoms with Gasteiger partial charge >= 0.3 is 7.12 Å². The van der Waals surface area contributed by atoms with Crippen LogP contribution in [0, 0.1) is 0 Å². The monoisotopic (exact) mass is 361 g/mol. The summed E-state index contributed by atoms with van der Waals surface area (Å²) in [7, 11) is 1.00. The Hall–Kier alpha value is -1.83. The number of ether oxygens (including phenoxy) is 1. The van der Waals surface area contributed by atoms with Crippen LogP contribution in [0.4, 0.5) is 0 Å². The predicted octanol–water partition coefficient (Wildman–Crippen LogP) is 2.34. The molecule has 2 rings (SSSR count). The lowest BCUT2D eigenvalue weighted by atomic mass is 9.76. The summed E-state index contributed by atoms with van der Waals surface area (Å²) in [4.78, 5) is 11.4. The van der Waals surface area contributed by atoms with Crippen LogP contribution in [0.2, 0.25) is 0 Å². The fourth-order valence-corrected chi connectivity index (χ4v) is 2.62. The minimum atomic E-state index is -0.589. The van der Waals surface area contributed by atoms with Gasteiger partial charge in [-0.25, -0.2) is 0 Å². The second-order valence-electron chi connectivity index (χ2n) is 7.45.